The number of aryl methyl sites for hydroxylation is 2. The van der Waals surface area contributed by atoms with Crippen molar-refractivity contribution in [2.75, 3.05) is 22.1 Å². The molecule has 2 fully saturated rings. The number of nitrogens with one attached hydrogen (secondary N) is 2. The summed E-state index contributed by atoms with van der Waals surface area (Å²) in [7, 11) is 0. The zero-order chi connectivity index (χ0) is 26.6. The lowest BCUT2D eigenvalue weighted by molar-refractivity contribution is -0.118. The number of hydrogen-bond donors (Lipinski definition) is 2. The highest BCUT2D eigenvalue weighted by Gasteiger charge is 2.44. The number of hydrogen-bond acceptors (Lipinski definition) is 9. The van der Waals surface area contributed by atoms with E-state index in [0.717, 1.165) is 47.2 Å². The molecule has 0 aliphatic heterocycles. The van der Waals surface area contributed by atoms with Crippen LogP contribution < -0.4 is 10.6 Å². The van der Waals surface area contributed by atoms with E-state index in [2.05, 4.69) is 55.3 Å². The van der Waals surface area contributed by atoms with Gasteiger partial charge in [-0.25, -0.2) is 0 Å². The Morgan fingerprint density at radius 1 is 0.692 bits per heavy atom. The van der Waals surface area contributed by atoms with Crippen LogP contribution in [0, 0.1) is 11.8 Å². The highest BCUT2D eigenvalue weighted by molar-refractivity contribution is 7.99. The summed E-state index contributed by atoms with van der Waals surface area (Å²) in [5, 5.41) is 25.6. The van der Waals surface area contributed by atoms with Gasteiger partial charge in [-0.3, -0.25) is 9.59 Å². The predicted octanol–water partition coefficient (Wildman–Crippen LogP) is 5.39. The van der Waals surface area contributed by atoms with Crippen LogP contribution in [0.5, 0.6) is 0 Å². The highest BCUT2D eigenvalue weighted by atomic mass is 32.2. The number of thioether (sulfide) groups is 1. The lowest BCUT2D eigenvalue weighted by Crippen LogP contribution is -2.14. The molecule has 2 aliphatic rings. The molecule has 0 radical (unpaired) electrons. The molecular formula is C28H28N6O2S3. The fraction of sp³-hybridized carbons (Fsp3) is 0.357. The molecule has 2 saturated carbocycles. The van der Waals surface area contributed by atoms with E-state index in [4.69, 9.17) is 0 Å². The second kappa shape index (κ2) is 11.9. The van der Waals surface area contributed by atoms with Crippen LogP contribution in [0.15, 0.2) is 60.7 Å². The minimum Gasteiger partial charge on any atom is -0.300 e. The van der Waals surface area contributed by atoms with Gasteiger partial charge in [-0.15, -0.1) is 20.4 Å². The summed E-state index contributed by atoms with van der Waals surface area (Å²) in [6, 6.07) is 20.4. The van der Waals surface area contributed by atoms with Crippen molar-refractivity contribution in [3.05, 3.63) is 81.8 Å². The molecule has 39 heavy (non-hydrogen) atoms. The molecule has 2 aromatic carbocycles. The molecule has 0 saturated heterocycles. The number of nitrogens with zero attached hydrogens (tertiary/aromatic N) is 4. The fourth-order valence-electron chi connectivity index (χ4n) is 4.73. The second-order valence-corrected chi connectivity index (χ2v) is 13.2. The summed E-state index contributed by atoms with van der Waals surface area (Å²) in [4.78, 5) is 25.1. The fourth-order valence-corrected chi connectivity index (χ4v) is 7.36. The molecule has 2 heterocycles. The summed E-state index contributed by atoms with van der Waals surface area (Å²) < 4.78 is 0. The topological polar surface area (TPSA) is 110 Å². The van der Waals surface area contributed by atoms with Crippen LogP contribution in [0.3, 0.4) is 0 Å². The maximum absolute atomic E-state index is 12.6. The molecule has 2 aromatic heterocycles. The molecule has 4 aromatic rings. The largest absolute Gasteiger partial charge is 0.300 e. The number of aromatic nitrogens is 4. The molecule has 2 N–H and O–H groups in total. The van der Waals surface area contributed by atoms with Gasteiger partial charge in [0.25, 0.3) is 0 Å². The minimum absolute atomic E-state index is 0.0180. The number of benzene rings is 2. The molecule has 200 valence electrons. The molecule has 8 nitrogen and oxygen atoms in total. The van der Waals surface area contributed by atoms with Gasteiger partial charge >= 0.3 is 0 Å². The van der Waals surface area contributed by atoms with Crippen molar-refractivity contribution in [3.8, 4) is 0 Å². The highest BCUT2D eigenvalue weighted by Crippen LogP contribution is 2.48. The molecule has 2 aliphatic carbocycles. The van der Waals surface area contributed by atoms with Gasteiger partial charge in [-0.2, -0.15) is 11.8 Å². The molecule has 4 atom stereocenters. The Balaban J connectivity index is 0.870. The van der Waals surface area contributed by atoms with Gasteiger partial charge in [0.15, 0.2) is 0 Å². The smallest absolute Gasteiger partial charge is 0.229 e. The number of carbonyl (C=O) groups excluding carboxylic acids is 2. The monoisotopic (exact) mass is 576 g/mol. The quantitative estimate of drug-likeness (QED) is 0.218. The van der Waals surface area contributed by atoms with Gasteiger partial charge < -0.3 is 10.6 Å². The third-order valence-corrected chi connectivity index (χ3v) is 9.81. The number of anilines is 2. The summed E-state index contributed by atoms with van der Waals surface area (Å²) in [6.45, 7) is 0. The summed E-state index contributed by atoms with van der Waals surface area (Å²) in [5.41, 5.74) is 2.44. The number of carbonyl (C=O) groups is 2. The van der Waals surface area contributed by atoms with Crippen LogP contribution in [0.4, 0.5) is 10.3 Å². The Bertz CT molecular complexity index is 1320. The standard InChI is InChI=1S/C28H28N6O2S3/c35-25(21-15-19(21)17-7-3-1-4-8-17)29-27-33-31-23(38-27)11-13-37-14-12-24-32-34-28(39-24)30-26(36)22-16-20(22)18-9-5-2-6-10-18/h1-10,19-22H,11-16H2,(H,29,33,35)(H,30,34,36)/t19-,20?,21?,22?/m1/s1. The van der Waals surface area contributed by atoms with E-state index in [0.29, 0.717) is 22.1 Å². The van der Waals surface area contributed by atoms with Gasteiger partial charge in [0.2, 0.25) is 22.1 Å². The van der Waals surface area contributed by atoms with Gasteiger partial charge in [0.05, 0.1) is 0 Å². The first-order chi connectivity index (χ1) is 19.1. The van der Waals surface area contributed by atoms with E-state index >= 15 is 0 Å². The van der Waals surface area contributed by atoms with Crippen LogP contribution in [0.1, 0.15) is 45.8 Å². The van der Waals surface area contributed by atoms with Crippen molar-refractivity contribution in [3.63, 3.8) is 0 Å². The Morgan fingerprint density at radius 2 is 1.13 bits per heavy atom. The van der Waals surface area contributed by atoms with Gasteiger partial charge in [-0.1, -0.05) is 83.3 Å². The van der Waals surface area contributed by atoms with Gasteiger partial charge in [-0.05, 0) is 47.3 Å². The number of amides is 2. The summed E-state index contributed by atoms with van der Waals surface area (Å²) in [5.74, 6) is 2.52. The zero-order valence-electron chi connectivity index (χ0n) is 21.2. The maximum Gasteiger partial charge on any atom is 0.229 e. The van der Waals surface area contributed by atoms with Gasteiger partial charge in [0.1, 0.15) is 10.0 Å². The normalized spacial score (nSPS) is 21.3. The first kappa shape index (κ1) is 26.1. The Kier molecular flexibility index (Phi) is 7.98. The molecule has 11 heteroatoms. The lowest BCUT2D eigenvalue weighted by atomic mass is 10.1. The first-order valence-electron chi connectivity index (χ1n) is 13.1. The van der Waals surface area contributed by atoms with E-state index in [-0.39, 0.29) is 23.7 Å². The molecule has 6 rings (SSSR count). The van der Waals surface area contributed by atoms with Crippen molar-refractivity contribution >= 4 is 56.5 Å². The average molecular weight is 577 g/mol. The Labute approximate surface area is 239 Å². The van der Waals surface area contributed by atoms with Crippen LogP contribution in [0.2, 0.25) is 0 Å². The molecule has 0 bridgehead atoms. The molecular weight excluding hydrogens is 549 g/mol. The van der Waals surface area contributed by atoms with Crippen LogP contribution in [-0.2, 0) is 22.4 Å². The van der Waals surface area contributed by atoms with Crippen LogP contribution >= 0.6 is 34.4 Å². The average Bonchev–Trinajstić information content (AvgIpc) is 3.86. The van der Waals surface area contributed by atoms with Crippen LogP contribution in [0.25, 0.3) is 0 Å². The third kappa shape index (κ3) is 6.71. The lowest BCUT2D eigenvalue weighted by Gasteiger charge is -2.01. The molecule has 0 spiro atoms. The maximum atomic E-state index is 12.6. The van der Waals surface area contributed by atoms with E-state index < -0.39 is 0 Å². The minimum atomic E-state index is 0.0180. The van der Waals surface area contributed by atoms with Crippen molar-refractivity contribution in [2.45, 2.75) is 37.5 Å². The number of rotatable bonds is 12. The molecule has 3 unspecified atom stereocenters. The van der Waals surface area contributed by atoms with E-state index in [1.54, 1.807) is 0 Å². The Morgan fingerprint density at radius 3 is 1.56 bits per heavy atom. The van der Waals surface area contributed by atoms with E-state index in [1.807, 2.05) is 48.2 Å². The first-order valence-corrected chi connectivity index (χ1v) is 15.9. The Hall–Kier alpha value is -3.15. The van der Waals surface area contributed by atoms with Crippen molar-refractivity contribution < 1.29 is 9.59 Å². The molecule has 2 amide bonds. The van der Waals surface area contributed by atoms with Gasteiger partial charge in [0, 0.05) is 24.7 Å². The zero-order valence-corrected chi connectivity index (χ0v) is 23.6. The predicted molar refractivity (Wildman–Crippen MR) is 156 cm³/mol. The summed E-state index contributed by atoms with van der Waals surface area (Å²) in [6.07, 6.45) is 3.37. The SMILES string of the molecule is O=C(Nc1nnc(CCSCCc2nnc(NC(=O)C3C[C@@H]3c3ccccc3)s2)s1)C1CC1c1ccccc1. The van der Waals surface area contributed by atoms with E-state index in [9.17, 15) is 9.59 Å². The van der Waals surface area contributed by atoms with Crippen LogP contribution in [-0.4, -0.2) is 43.7 Å². The third-order valence-electron chi connectivity index (χ3n) is 7.02. The van der Waals surface area contributed by atoms with Crippen molar-refractivity contribution in [1.82, 2.24) is 20.4 Å². The van der Waals surface area contributed by atoms with Crippen molar-refractivity contribution in [1.29, 1.82) is 0 Å². The van der Waals surface area contributed by atoms with Crippen molar-refractivity contribution in [2.24, 2.45) is 11.8 Å². The summed E-state index contributed by atoms with van der Waals surface area (Å²) >= 11 is 4.71. The second-order valence-electron chi connectivity index (χ2n) is 9.81. The van der Waals surface area contributed by atoms with E-state index in [1.165, 1.54) is 33.8 Å².